The predicted molar refractivity (Wildman–Crippen MR) is 157 cm³/mol. The highest BCUT2D eigenvalue weighted by atomic mass is 16.5. The molecule has 0 atom stereocenters. The monoisotopic (exact) mass is 511 g/mol. The zero-order chi connectivity index (χ0) is 27.9. The zero-order valence-electron chi connectivity index (χ0n) is 22.8. The van der Waals surface area contributed by atoms with Gasteiger partial charge in [0, 0.05) is 28.9 Å². The molecule has 38 heavy (non-hydrogen) atoms. The second-order valence-corrected chi connectivity index (χ2v) is 8.74. The molecule has 0 aliphatic heterocycles. The quantitative estimate of drug-likeness (QED) is 0.239. The van der Waals surface area contributed by atoms with Gasteiger partial charge in [-0.05, 0) is 73.7 Å². The number of rotatable bonds is 6. The van der Waals surface area contributed by atoms with E-state index in [-0.39, 0.29) is 0 Å². The third-order valence-electron chi connectivity index (χ3n) is 5.59. The van der Waals surface area contributed by atoms with Gasteiger partial charge in [0.2, 0.25) is 0 Å². The average Bonchev–Trinajstić information content (AvgIpc) is 3.33. The minimum Gasteiger partial charge on any atom is -0.491 e. The highest BCUT2D eigenvalue weighted by molar-refractivity contribution is 6.15. The Bertz CT molecular complexity index is 1410. The van der Waals surface area contributed by atoms with Crippen LogP contribution in [0.5, 0.6) is 5.75 Å². The van der Waals surface area contributed by atoms with Gasteiger partial charge < -0.3 is 19.3 Å². The molecular weight excluding hydrogens is 474 g/mol. The summed E-state index contributed by atoms with van der Waals surface area (Å²) < 4.78 is 6.23. The number of H-pyrrole nitrogens is 1. The lowest BCUT2D eigenvalue weighted by molar-refractivity contribution is -0.0987. The molecule has 0 aliphatic carbocycles. The van der Waals surface area contributed by atoms with Crippen LogP contribution in [0.1, 0.15) is 43.5 Å². The van der Waals surface area contributed by atoms with Crippen LogP contribution in [0.4, 0.5) is 0 Å². The Hall–Kier alpha value is -4.32. The van der Waals surface area contributed by atoms with Crippen molar-refractivity contribution in [2.45, 2.75) is 47.0 Å². The summed E-state index contributed by atoms with van der Waals surface area (Å²) in [6.07, 6.45) is 6.80. The van der Waals surface area contributed by atoms with Gasteiger partial charge in [-0.2, -0.15) is 0 Å². The van der Waals surface area contributed by atoms with E-state index in [9.17, 15) is 0 Å². The van der Waals surface area contributed by atoms with Gasteiger partial charge in [0.25, 0.3) is 0 Å². The molecule has 0 unspecified atom stereocenters. The van der Waals surface area contributed by atoms with E-state index in [2.05, 4.69) is 91.2 Å². The van der Waals surface area contributed by atoms with Gasteiger partial charge in [0.1, 0.15) is 25.0 Å². The first-order valence-corrected chi connectivity index (χ1v) is 12.7. The van der Waals surface area contributed by atoms with Gasteiger partial charge in [-0.3, -0.25) is 4.98 Å². The lowest BCUT2D eigenvalue weighted by Gasteiger charge is -2.11. The van der Waals surface area contributed by atoms with E-state index in [1.54, 1.807) is 0 Å². The van der Waals surface area contributed by atoms with Gasteiger partial charge >= 0.3 is 0 Å². The maximum atomic E-state index is 8.00. The van der Waals surface area contributed by atoms with E-state index in [0.29, 0.717) is 6.61 Å². The minimum atomic E-state index is 0.636. The molecule has 0 bridgehead atoms. The number of nitrogens with zero attached hydrogens (tertiary/aromatic N) is 2. The van der Waals surface area contributed by atoms with Gasteiger partial charge in [0.15, 0.2) is 0 Å². The van der Waals surface area contributed by atoms with Crippen LogP contribution in [0, 0.1) is 13.8 Å². The molecule has 0 saturated heterocycles. The number of hydrogen-bond acceptors (Lipinski definition) is 5. The van der Waals surface area contributed by atoms with Crippen molar-refractivity contribution in [1.82, 2.24) is 15.0 Å². The number of ether oxygens (including phenoxy) is 1. The topological polar surface area (TPSA) is 84.9 Å². The number of nitrogens with one attached hydrogen (secondary N) is 1. The molecule has 5 rings (SSSR count). The summed E-state index contributed by atoms with van der Waals surface area (Å²) in [4.78, 5) is 28.5. The zero-order valence-corrected chi connectivity index (χ0v) is 22.8. The maximum Gasteiger partial charge on any atom is 0.143 e. The number of carbonyl (C=O) groups excluding carboxylic acids is 2. The van der Waals surface area contributed by atoms with Crippen molar-refractivity contribution in [1.29, 1.82) is 0 Å². The van der Waals surface area contributed by atoms with Crippen LogP contribution in [0.25, 0.3) is 33.1 Å². The SMILES string of the molecule is C=O.C=O.CCC.Cc1cccc(-c2ccc(OCCCc3ccccn3)c3[nH]c4ncc(C)cc4c23)c1. The van der Waals surface area contributed by atoms with Crippen molar-refractivity contribution in [3.8, 4) is 16.9 Å². The molecule has 0 amide bonds. The van der Waals surface area contributed by atoms with Crippen LogP contribution in [-0.2, 0) is 16.0 Å². The van der Waals surface area contributed by atoms with Crippen molar-refractivity contribution in [3.05, 3.63) is 89.9 Å². The highest BCUT2D eigenvalue weighted by Gasteiger charge is 2.16. The minimum absolute atomic E-state index is 0.636. The summed E-state index contributed by atoms with van der Waals surface area (Å²) in [5.41, 5.74) is 7.77. The molecule has 0 saturated carbocycles. The van der Waals surface area contributed by atoms with Crippen LogP contribution in [0.15, 0.2) is 73.1 Å². The molecule has 0 radical (unpaired) electrons. The van der Waals surface area contributed by atoms with Crippen molar-refractivity contribution >= 4 is 35.5 Å². The molecule has 0 spiro atoms. The summed E-state index contributed by atoms with van der Waals surface area (Å²) in [5.74, 6) is 0.864. The molecule has 6 heteroatoms. The molecule has 0 fully saturated rings. The Morgan fingerprint density at radius 3 is 2.32 bits per heavy atom. The largest absolute Gasteiger partial charge is 0.491 e. The number of fused-ring (bicyclic) bond motifs is 3. The number of benzene rings is 2. The lowest BCUT2D eigenvalue weighted by atomic mass is 9.98. The van der Waals surface area contributed by atoms with E-state index in [4.69, 9.17) is 14.3 Å². The first kappa shape index (κ1) is 29.9. The van der Waals surface area contributed by atoms with E-state index in [1.165, 1.54) is 28.5 Å². The van der Waals surface area contributed by atoms with Crippen LogP contribution in [-0.4, -0.2) is 35.1 Å². The number of carbonyl (C=O) groups is 2. The van der Waals surface area contributed by atoms with Gasteiger partial charge in [-0.15, -0.1) is 0 Å². The smallest absolute Gasteiger partial charge is 0.143 e. The Balaban J connectivity index is 0.000000665. The summed E-state index contributed by atoms with van der Waals surface area (Å²) in [6, 6.07) is 21.1. The Labute approximate surface area is 225 Å². The maximum absolute atomic E-state index is 8.00. The predicted octanol–water partition coefficient (Wildman–Crippen LogP) is 7.45. The van der Waals surface area contributed by atoms with Crippen molar-refractivity contribution in [3.63, 3.8) is 0 Å². The third-order valence-corrected chi connectivity index (χ3v) is 5.59. The Morgan fingerprint density at radius 2 is 1.63 bits per heavy atom. The average molecular weight is 512 g/mol. The fourth-order valence-corrected chi connectivity index (χ4v) is 4.12. The third kappa shape index (κ3) is 7.59. The lowest BCUT2D eigenvalue weighted by Crippen LogP contribution is -2.01. The number of pyridine rings is 2. The van der Waals surface area contributed by atoms with Crippen molar-refractivity contribution in [2.24, 2.45) is 0 Å². The number of aromatic amines is 1. The normalized spacial score (nSPS) is 9.89. The molecule has 6 nitrogen and oxygen atoms in total. The van der Waals surface area contributed by atoms with Crippen LogP contribution in [0.3, 0.4) is 0 Å². The van der Waals surface area contributed by atoms with Gasteiger partial charge in [-0.1, -0.05) is 56.2 Å². The van der Waals surface area contributed by atoms with E-state index in [0.717, 1.165) is 46.4 Å². The molecule has 3 heterocycles. The fourth-order valence-electron chi connectivity index (χ4n) is 4.12. The molecule has 3 aromatic heterocycles. The summed E-state index contributed by atoms with van der Waals surface area (Å²) in [6.45, 7) is 13.1. The Morgan fingerprint density at radius 1 is 0.868 bits per heavy atom. The molecule has 2 aromatic carbocycles. The summed E-state index contributed by atoms with van der Waals surface area (Å²) in [5, 5.41) is 2.30. The van der Waals surface area contributed by atoms with Crippen LogP contribution >= 0.6 is 0 Å². The first-order valence-electron chi connectivity index (χ1n) is 12.7. The van der Waals surface area contributed by atoms with Crippen molar-refractivity contribution in [2.75, 3.05) is 6.61 Å². The second-order valence-electron chi connectivity index (χ2n) is 8.74. The standard InChI is InChI=1S/C27H25N3O.C3H8.2CH2O/c1-18-7-5-8-20(15-18)22-11-12-24(31-14-6-10-21-9-3-4-13-28-21)26-25(22)23-16-19(2)17-29-27(23)30-26;1-3-2;2*1-2/h3-5,7-9,11-13,15-17H,6,10,14H2,1-2H3,(H,29,30);3H2,1-2H3;2*1H2. The van der Waals surface area contributed by atoms with E-state index >= 15 is 0 Å². The number of aryl methyl sites for hydroxylation is 3. The van der Waals surface area contributed by atoms with Gasteiger partial charge in [-0.25, -0.2) is 4.98 Å². The molecule has 1 N–H and O–H groups in total. The molecule has 198 valence electrons. The summed E-state index contributed by atoms with van der Waals surface area (Å²) in [7, 11) is 0. The number of hydrogen-bond donors (Lipinski definition) is 1. The van der Waals surface area contributed by atoms with E-state index in [1.807, 2.05) is 38.1 Å². The van der Waals surface area contributed by atoms with Crippen LogP contribution in [0.2, 0.25) is 0 Å². The number of aromatic nitrogens is 3. The van der Waals surface area contributed by atoms with Gasteiger partial charge in [0.05, 0.1) is 12.1 Å². The van der Waals surface area contributed by atoms with Crippen LogP contribution < -0.4 is 4.74 Å². The first-order chi connectivity index (χ1) is 18.6. The molecule has 0 aliphatic rings. The molecular formula is C32H37N3O3. The fraction of sp³-hybridized carbons (Fsp3) is 0.250. The van der Waals surface area contributed by atoms with E-state index < -0.39 is 0 Å². The Kier molecular flexibility index (Phi) is 12.4. The summed E-state index contributed by atoms with van der Waals surface area (Å²) >= 11 is 0. The van der Waals surface area contributed by atoms with Crippen molar-refractivity contribution < 1.29 is 14.3 Å². The highest BCUT2D eigenvalue weighted by Crippen LogP contribution is 2.39. The molecule has 5 aromatic rings. The second kappa shape index (κ2) is 15.7.